The highest BCUT2D eigenvalue weighted by Gasteiger charge is 2.51. The van der Waals surface area contributed by atoms with Gasteiger partial charge in [-0.05, 0) is 31.6 Å². The van der Waals surface area contributed by atoms with E-state index in [-0.39, 0.29) is 24.2 Å². The summed E-state index contributed by atoms with van der Waals surface area (Å²) >= 11 is 0. The Morgan fingerprint density at radius 1 is 1.46 bits per heavy atom. The molecule has 0 aromatic rings. The van der Waals surface area contributed by atoms with Crippen LogP contribution in [0.2, 0.25) is 0 Å². The number of unbranched alkanes of at least 4 members (excludes halogenated alkanes) is 1. The van der Waals surface area contributed by atoms with Gasteiger partial charge in [-0.3, -0.25) is 4.79 Å². The zero-order valence-electron chi connectivity index (χ0n) is 14.1. The van der Waals surface area contributed by atoms with Crippen molar-refractivity contribution >= 4 is 11.7 Å². The number of carboxylic acids is 1. The Morgan fingerprint density at radius 3 is 2.96 bits per heavy atom. The molecule has 0 amide bonds. The monoisotopic (exact) mass is 337 g/mol. The highest BCUT2D eigenvalue weighted by atomic mass is 16.6. The highest BCUT2D eigenvalue weighted by molar-refractivity contribution is 5.93. The number of oxime groups is 1. The summed E-state index contributed by atoms with van der Waals surface area (Å²) in [5, 5.41) is 32.7. The van der Waals surface area contributed by atoms with Gasteiger partial charge in [0, 0.05) is 18.3 Å². The third kappa shape index (κ3) is 4.96. The standard InChI is InChI=1S/C18H27NO5/c1-2-3-5-13(20)8-7-12-10-14-15(18(12)23)11-16(14)19-24-9-4-6-17(21)22/h12-15,18,20,23H,2-6,9-11H2,1H3,(H,21,22). The molecule has 24 heavy (non-hydrogen) atoms. The van der Waals surface area contributed by atoms with Gasteiger partial charge in [0.15, 0.2) is 0 Å². The van der Waals surface area contributed by atoms with Crippen LogP contribution < -0.4 is 0 Å². The molecule has 6 heteroatoms. The molecule has 5 unspecified atom stereocenters. The van der Waals surface area contributed by atoms with E-state index in [4.69, 9.17) is 9.94 Å². The summed E-state index contributed by atoms with van der Waals surface area (Å²) in [5.74, 6) is 5.33. The van der Waals surface area contributed by atoms with Gasteiger partial charge in [-0.25, -0.2) is 0 Å². The average Bonchev–Trinajstić information content (AvgIpc) is 2.77. The van der Waals surface area contributed by atoms with Crippen molar-refractivity contribution in [1.82, 2.24) is 0 Å². The summed E-state index contributed by atoms with van der Waals surface area (Å²) in [5.41, 5.74) is 0.935. The van der Waals surface area contributed by atoms with Crippen LogP contribution in [-0.2, 0) is 9.63 Å². The number of hydrogen-bond acceptors (Lipinski definition) is 5. The van der Waals surface area contributed by atoms with Crippen molar-refractivity contribution in [2.75, 3.05) is 6.61 Å². The molecule has 0 heterocycles. The number of fused-ring (bicyclic) bond motifs is 1. The number of hydrogen-bond donors (Lipinski definition) is 3. The van der Waals surface area contributed by atoms with Crippen LogP contribution in [0.1, 0.15) is 51.9 Å². The van der Waals surface area contributed by atoms with E-state index in [2.05, 4.69) is 23.9 Å². The summed E-state index contributed by atoms with van der Waals surface area (Å²) in [7, 11) is 0. The predicted molar refractivity (Wildman–Crippen MR) is 89.3 cm³/mol. The summed E-state index contributed by atoms with van der Waals surface area (Å²) in [4.78, 5) is 15.6. The van der Waals surface area contributed by atoms with Crippen molar-refractivity contribution in [1.29, 1.82) is 0 Å². The molecule has 6 nitrogen and oxygen atoms in total. The molecule has 3 N–H and O–H groups in total. The SMILES string of the molecule is CCCCC(O)C#CC1CC2C(=NOCCCC(=O)O)CC2C1O. The van der Waals surface area contributed by atoms with Gasteiger partial charge in [0.25, 0.3) is 0 Å². The van der Waals surface area contributed by atoms with Gasteiger partial charge in [0.2, 0.25) is 0 Å². The first kappa shape index (κ1) is 18.8. The van der Waals surface area contributed by atoms with Crippen LogP contribution in [0.4, 0.5) is 0 Å². The van der Waals surface area contributed by atoms with Crippen molar-refractivity contribution in [2.45, 2.75) is 64.1 Å². The van der Waals surface area contributed by atoms with E-state index in [1.807, 2.05) is 0 Å². The zero-order chi connectivity index (χ0) is 17.5. The van der Waals surface area contributed by atoms with E-state index in [1.54, 1.807) is 0 Å². The van der Waals surface area contributed by atoms with Crippen LogP contribution in [0.25, 0.3) is 0 Å². The molecule has 0 aromatic heterocycles. The van der Waals surface area contributed by atoms with E-state index in [9.17, 15) is 15.0 Å². The minimum absolute atomic E-state index is 0.0770. The number of aliphatic carboxylic acids is 1. The molecule has 2 saturated carbocycles. The lowest BCUT2D eigenvalue weighted by atomic mass is 9.73. The Hall–Kier alpha value is -1.58. The van der Waals surface area contributed by atoms with Crippen molar-refractivity contribution in [2.24, 2.45) is 22.9 Å². The molecule has 2 fully saturated rings. The first-order valence-corrected chi connectivity index (χ1v) is 8.80. The molecule has 0 aliphatic heterocycles. The second-order valence-corrected chi connectivity index (χ2v) is 6.67. The Morgan fingerprint density at radius 2 is 2.25 bits per heavy atom. The molecule has 5 atom stereocenters. The smallest absolute Gasteiger partial charge is 0.303 e. The number of aliphatic hydroxyl groups is 2. The molecular formula is C18H27NO5. The Bertz CT molecular complexity index is 521. The topological polar surface area (TPSA) is 99.4 Å². The fourth-order valence-electron chi connectivity index (χ4n) is 3.34. The average molecular weight is 337 g/mol. The van der Waals surface area contributed by atoms with E-state index < -0.39 is 18.2 Å². The molecule has 0 bridgehead atoms. The van der Waals surface area contributed by atoms with E-state index in [0.29, 0.717) is 25.9 Å². The zero-order valence-corrected chi connectivity index (χ0v) is 14.1. The molecule has 0 saturated heterocycles. The summed E-state index contributed by atoms with van der Waals surface area (Å²) in [6, 6.07) is 0. The van der Waals surface area contributed by atoms with E-state index >= 15 is 0 Å². The van der Waals surface area contributed by atoms with Crippen LogP contribution in [0, 0.1) is 29.6 Å². The quantitative estimate of drug-likeness (QED) is 0.356. The lowest BCUT2D eigenvalue weighted by Gasteiger charge is -2.33. The summed E-state index contributed by atoms with van der Waals surface area (Å²) < 4.78 is 0. The molecule has 134 valence electrons. The molecule has 0 spiro atoms. The van der Waals surface area contributed by atoms with Gasteiger partial charge in [-0.15, -0.1) is 0 Å². The number of aliphatic hydroxyl groups excluding tert-OH is 2. The third-order valence-electron chi connectivity index (χ3n) is 4.82. The lowest BCUT2D eigenvalue weighted by Crippen LogP contribution is -2.38. The fraction of sp³-hybridized carbons (Fsp3) is 0.778. The molecule has 0 radical (unpaired) electrons. The molecule has 0 aromatic carbocycles. The maximum absolute atomic E-state index is 10.4. The van der Waals surface area contributed by atoms with Gasteiger partial charge in [-0.1, -0.05) is 36.8 Å². The van der Waals surface area contributed by atoms with Crippen molar-refractivity contribution in [3.05, 3.63) is 0 Å². The minimum Gasteiger partial charge on any atom is -0.481 e. The van der Waals surface area contributed by atoms with Crippen molar-refractivity contribution in [3.8, 4) is 11.8 Å². The molecule has 2 rings (SSSR count). The molecule has 2 aliphatic rings. The van der Waals surface area contributed by atoms with Crippen LogP contribution in [0.5, 0.6) is 0 Å². The van der Waals surface area contributed by atoms with Gasteiger partial charge < -0.3 is 20.2 Å². The first-order chi connectivity index (χ1) is 11.5. The van der Waals surface area contributed by atoms with Crippen LogP contribution in [0.3, 0.4) is 0 Å². The van der Waals surface area contributed by atoms with E-state index in [1.165, 1.54) is 0 Å². The fourth-order valence-corrected chi connectivity index (χ4v) is 3.34. The molecule has 2 aliphatic carbocycles. The first-order valence-electron chi connectivity index (χ1n) is 8.80. The number of rotatable bonds is 8. The summed E-state index contributed by atoms with van der Waals surface area (Å²) in [6.45, 7) is 2.37. The minimum atomic E-state index is -0.837. The number of nitrogens with zero attached hydrogens (tertiary/aromatic N) is 1. The number of carbonyl (C=O) groups is 1. The van der Waals surface area contributed by atoms with Gasteiger partial charge in [-0.2, -0.15) is 0 Å². The second-order valence-electron chi connectivity index (χ2n) is 6.67. The maximum Gasteiger partial charge on any atom is 0.303 e. The van der Waals surface area contributed by atoms with Crippen LogP contribution in [0.15, 0.2) is 5.16 Å². The van der Waals surface area contributed by atoms with Crippen LogP contribution >= 0.6 is 0 Å². The van der Waals surface area contributed by atoms with Gasteiger partial charge in [0.05, 0.1) is 11.8 Å². The highest BCUT2D eigenvalue weighted by Crippen LogP contribution is 2.47. The van der Waals surface area contributed by atoms with Gasteiger partial charge in [0.1, 0.15) is 12.7 Å². The third-order valence-corrected chi connectivity index (χ3v) is 4.82. The van der Waals surface area contributed by atoms with Gasteiger partial charge >= 0.3 is 5.97 Å². The Labute approximate surface area is 142 Å². The Balaban J connectivity index is 1.77. The maximum atomic E-state index is 10.4. The predicted octanol–water partition coefficient (Wildman–Crippen LogP) is 1.80. The number of carboxylic acid groups (broad SMARTS) is 1. The normalized spacial score (nSPS) is 30.9. The molecular weight excluding hydrogens is 310 g/mol. The summed E-state index contributed by atoms with van der Waals surface area (Å²) in [6.07, 6.45) is 3.55. The second kappa shape index (κ2) is 9.05. The largest absolute Gasteiger partial charge is 0.481 e. The Kier molecular flexibility index (Phi) is 7.07. The lowest BCUT2D eigenvalue weighted by molar-refractivity contribution is -0.137. The van der Waals surface area contributed by atoms with E-state index in [0.717, 1.165) is 25.0 Å². The van der Waals surface area contributed by atoms with Crippen molar-refractivity contribution in [3.63, 3.8) is 0 Å². The van der Waals surface area contributed by atoms with Crippen molar-refractivity contribution < 1.29 is 25.0 Å². The van der Waals surface area contributed by atoms with Crippen LogP contribution in [-0.4, -0.2) is 45.8 Å².